The van der Waals surface area contributed by atoms with Crippen molar-refractivity contribution >= 4 is 28.0 Å². The number of aryl methyl sites for hydroxylation is 1. The van der Waals surface area contributed by atoms with Crippen molar-refractivity contribution < 1.29 is 14.9 Å². The van der Waals surface area contributed by atoms with Gasteiger partial charge in [0.1, 0.15) is 36.0 Å². The van der Waals surface area contributed by atoms with Gasteiger partial charge in [-0.05, 0) is 62.1 Å². The third-order valence-corrected chi connectivity index (χ3v) is 8.92. The lowest BCUT2D eigenvalue weighted by atomic mass is 9.76. The number of nitrogens with two attached hydrogens (primary N) is 1. The van der Waals surface area contributed by atoms with Crippen molar-refractivity contribution in [3.05, 3.63) is 42.2 Å². The number of aromatic nitrogens is 6. The highest BCUT2D eigenvalue weighted by Crippen LogP contribution is 2.38. The molecule has 1 aromatic carbocycles. The topological polar surface area (TPSA) is 151 Å². The number of H-pyrrole nitrogens is 1. The van der Waals surface area contributed by atoms with Crippen molar-refractivity contribution in [3.63, 3.8) is 0 Å². The van der Waals surface area contributed by atoms with Crippen molar-refractivity contribution in [3.8, 4) is 0 Å². The summed E-state index contributed by atoms with van der Waals surface area (Å²) in [6.45, 7) is 11.6. The van der Waals surface area contributed by atoms with Gasteiger partial charge in [0.05, 0.1) is 17.4 Å². The number of aliphatic hydroxyl groups excluding tert-OH is 2. The molecule has 0 amide bonds. The molecule has 0 radical (unpaired) electrons. The van der Waals surface area contributed by atoms with Gasteiger partial charge in [0.15, 0.2) is 17.7 Å². The minimum Gasteiger partial charge on any atom is -0.387 e. The van der Waals surface area contributed by atoms with Gasteiger partial charge in [0, 0.05) is 25.0 Å². The van der Waals surface area contributed by atoms with Gasteiger partial charge in [0.25, 0.3) is 0 Å². The number of nitrogens with zero attached hydrogens (tertiary/aromatic N) is 6. The van der Waals surface area contributed by atoms with Crippen molar-refractivity contribution in [1.29, 1.82) is 0 Å². The zero-order valence-electron chi connectivity index (χ0n) is 24.5. The Morgan fingerprint density at radius 3 is 2.62 bits per heavy atom. The SMILES string of the molecule is C.CC(C)N(CC1O[C@@H](n2cnc3c(N)ncnc32)[C@H](O)[C@@H]1O)C1CC(CCc2nc3ccc(C(C)(C)C)cc3[nH]2)C1. The van der Waals surface area contributed by atoms with Gasteiger partial charge in [-0.3, -0.25) is 9.47 Å². The molecule has 11 heteroatoms. The molecule has 1 saturated carbocycles. The summed E-state index contributed by atoms with van der Waals surface area (Å²) in [7, 11) is 0. The molecule has 0 bridgehead atoms. The Hall–Kier alpha value is -3.12. The van der Waals surface area contributed by atoms with Crippen molar-refractivity contribution in [1.82, 2.24) is 34.4 Å². The number of nitrogens with one attached hydrogen (secondary N) is 1. The zero-order chi connectivity index (χ0) is 29.1. The van der Waals surface area contributed by atoms with Crippen molar-refractivity contribution in [2.45, 2.75) is 110 Å². The Balaban J connectivity index is 0.00000353. The van der Waals surface area contributed by atoms with E-state index in [1.807, 2.05) is 0 Å². The summed E-state index contributed by atoms with van der Waals surface area (Å²) >= 11 is 0. The highest BCUT2D eigenvalue weighted by Gasteiger charge is 2.46. The number of anilines is 1. The minimum absolute atomic E-state index is 0. The van der Waals surface area contributed by atoms with Crippen LogP contribution in [0.3, 0.4) is 0 Å². The molecule has 228 valence electrons. The first kappa shape index (κ1) is 30.3. The minimum atomic E-state index is -1.11. The van der Waals surface area contributed by atoms with E-state index < -0.39 is 24.5 Å². The van der Waals surface area contributed by atoms with Gasteiger partial charge in [-0.15, -0.1) is 0 Å². The predicted octanol–water partition coefficient (Wildman–Crippen LogP) is 3.96. The molecule has 1 aliphatic carbocycles. The maximum atomic E-state index is 10.9. The van der Waals surface area contributed by atoms with Crippen LogP contribution in [0, 0.1) is 5.92 Å². The van der Waals surface area contributed by atoms with E-state index in [0.29, 0.717) is 29.7 Å². The summed E-state index contributed by atoms with van der Waals surface area (Å²) in [6, 6.07) is 7.22. The standard InChI is InChI=1S/C30H42N8O3.CH4/c1-16(2)37(13-22-25(39)26(40)29(41-22)38-15-34-24-27(31)32-14-33-28(24)38)19-10-17(11-19)6-9-23-35-20-8-7-18(30(3,4)5)12-21(20)36-23;/h7-8,12,14-17,19,22,25-26,29,39-40H,6,9-11,13H2,1-5H3,(H,35,36)(H2,31,32,33);1H4/t17?,19?,22?,25-,26-,29-;/m1./s1. The van der Waals surface area contributed by atoms with Crippen LogP contribution in [0.4, 0.5) is 5.82 Å². The summed E-state index contributed by atoms with van der Waals surface area (Å²) in [5.74, 6) is 1.95. The van der Waals surface area contributed by atoms with Gasteiger partial charge in [-0.2, -0.15) is 0 Å². The third-order valence-electron chi connectivity index (χ3n) is 8.92. The second-order valence-corrected chi connectivity index (χ2v) is 13.1. The van der Waals surface area contributed by atoms with Crippen LogP contribution in [-0.4, -0.2) is 81.5 Å². The molecule has 2 aliphatic rings. The average Bonchev–Trinajstić information content (AvgIpc) is 3.58. The number of fused-ring (bicyclic) bond motifs is 2. The molecular formula is C31H46N8O3. The van der Waals surface area contributed by atoms with E-state index in [1.54, 1.807) is 4.57 Å². The van der Waals surface area contributed by atoms with Crippen LogP contribution in [-0.2, 0) is 16.6 Å². The first-order valence-corrected chi connectivity index (χ1v) is 14.7. The van der Waals surface area contributed by atoms with Crippen LogP contribution < -0.4 is 5.73 Å². The number of hydrogen-bond donors (Lipinski definition) is 4. The van der Waals surface area contributed by atoms with Gasteiger partial charge < -0.3 is 25.7 Å². The third kappa shape index (κ3) is 5.62. The molecule has 1 aliphatic heterocycles. The number of benzene rings is 1. The van der Waals surface area contributed by atoms with Crippen LogP contribution in [0.2, 0.25) is 0 Å². The number of hydrogen-bond acceptors (Lipinski definition) is 9. The van der Waals surface area contributed by atoms with Crippen molar-refractivity contribution in [2.24, 2.45) is 5.92 Å². The number of aliphatic hydroxyl groups is 2. The fourth-order valence-electron chi connectivity index (χ4n) is 6.35. The van der Waals surface area contributed by atoms with Gasteiger partial charge in [-0.1, -0.05) is 34.3 Å². The monoisotopic (exact) mass is 578 g/mol. The average molecular weight is 579 g/mol. The van der Waals surface area contributed by atoms with Crippen LogP contribution >= 0.6 is 0 Å². The Kier molecular flexibility index (Phi) is 8.32. The van der Waals surface area contributed by atoms with E-state index in [-0.39, 0.29) is 24.7 Å². The lowest BCUT2D eigenvalue weighted by molar-refractivity contribution is -0.0620. The lowest BCUT2D eigenvalue weighted by Gasteiger charge is -2.46. The van der Waals surface area contributed by atoms with Crippen LogP contribution in [0.25, 0.3) is 22.2 Å². The van der Waals surface area contributed by atoms with E-state index in [4.69, 9.17) is 15.5 Å². The van der Waals surface area contributed by atoms with Gasteiger partial charge in [0.2, 0.25) is 0 Å². The summed E-state index contributed by atoms with van der Waals surface area (Å²) < 4.78 is 7.86. The molecule has 1 saturated heterocycles. The second kappa shape index (κ2) is 11.5. The molecule has 4 aromatic rings. The fourth-order valence-corrected chi connectivity index (χ4v) is 6.35. The van der Waals surface area contributed by atoms with Crippen LogP contribution in [0.15, 0.2) is 30.9 Å². The van der Waals surface area contributed by atoms with E-state index in [2.05, 4.69) is 77.7 Å². The van der Waals surface area contributed by atoms with Gasteiger partial charge >= 0.3 is 0 Å². The lowest BCUT2D eigenvalue weighted by Crippen LogP contribution is -2.52. The first-order valence-electron chi connectivity index (χ1n) is 14.7. The summed E-state index contributed by atoms with van der Waals surface area (Å²) in [6.07, 6.45) is 3.63. The number of imidazole rings is 2. The molecule has 1 unspecified atom stereocenters. The normalized spacial score (nSPS) is 26.3. The molecule has 2 fully saturated rings. The van der Waals surface area contributed by atoms with Crippen LogP contribution in [0.1, 0.15) is 78.9 Å². The Bertz CT molecular complexity index is 1520. The summed E-state index contributed by atoms with van der Waals surface area (Å²) in [4.78, 5) is 23.3. The molecule has 5 N–H and O–H groups in total. The number of aromatic amines is 1. The van der Waals surface area contributed by atoms with Gasteiger partial charge in [-0.25, -0.2) is 19.9 Å². The zero-order valence-corrected chi connectivity index (χ0v) is 24.5. The highest BCUT2D eigenvalue weighted by atomic mass is 16.6. The van der Waals surface area contributed by atoms with E-state index in [9.17, 15) is 10.2 Å². The fraction of sp³-hybridized carbons (Fsp3) is 0.613. The Labute approximate surface area is 247 Å². The quantitative estimate of drug-likeness (QED) is 0.243. The first-order chi connectivity index (χ1) is 19.5. The maximum Gasteiger partial charge on any atom is 0.167 e. The molecule has 3 aromatic heterocycles. The van der Waals surface area contributed by atoms with Crippen LogP contribution in [0.5, 0.6) is 0 Å². The van der Waals surface area contributed by atoms with E-state index in [0.717, 1.165) is 42.5 Å². The molecular weight excluding hydrogens is 532 g/mol. The molecule has 4 atom stereocenters. The number of nitrogen functional groups attached to an aromatic ring is 1. The van der Waals surface area contributed by atoms with E-state index in [1.165, 1.54) is 18.2 Å². The molecule has 11 nitrogen and oxygen atoms in total. The largest absolute Gasteiger partial charge is 0.387 e. The molecule has 0 spiro atoms. The summed E-state index contributed by atoms with van der Waals surface area (Å²) in [5, 5.41) is 21.8. The predicted molar refractivity (Wildman–Crippen MR) is 164 cm³/mol. The molecule has 4 heterocycles. The maximum absolute atomic E-state index is 10.9. The highest BCUT2D eigenvalue weighted by molar-refractivity contribution is 5.81. The summed E-state index contributed by atoms with van der Waals surface area (Å²) in [5.41, 5.74) is 10.4. The number of rotatable bonds is 8. The molecule has 6 rings (SSSR count). The molecule has 42 heavy (non-hydrogen) atoms. The Morgan fingerprint density at radius 1 is 1.14 bits per heavy atom. The smallest absolute Gasteiger partial charge is 0.167 e. The van der Waals surface area contributed by atoms with Crippen molar-refractivity contribution in [2.75, 3.05) is 12.3 Å². The number of ether oxygens (including phenoxy) is 1. The Morgan fingerprint density at radius 2 is 1.90 bits per heavy atom. The van der Waals surface area contributed by atoms with E-state index >= 15 is 0 Å². The second-order valence-electron chi connectivity index (χ2n) is 13.1.